The van der Waals surface area contributed by atoms with Gasteiger partial charge in [0.25, 0.3) is 0 Å². The van der Waals surface area contributed by atoms with Crippen LogP contribution in [0, 0.1) is 29.5 Å². The van der Waals surface area contributed by atoms with Gasteiger partial charge in [-0.2, -0.15) is 0 Å². The van der Waals surface area contributed by atoms with Crippen molar-refractivity contribution in [1.29, 1.82) is 0 Å². The lowest BCUT2D eigenvalue weighted by molar-refractivity contribution is 0.296. The van der Waals surface area contributed by atoms with Crippen LogP contribution < -0.4 is 0 Å². The molecular formula is C35H41F. The predicted molar refractivity (Wildman–Crippen MR) is 153 cm³/mol. The van der Waals surface area contributed by atoms with E-state index < -0.39 is 0 Å². The van der Waals surface area contributed by atoms with Gasteiger partial charge in [0.05, 0.1) is 5.56 Å². The predicted octanol–water partition coefficient (Wildman–Crippen LogP) is 9.82. The molecule has 1 saturated carbocycles. The molecule has 0 unspecified atom stereocenters. The normalized spacial score (nSPS) is 17.5. The summed E-state index contributed by atoms with van der Waals surface area (Å²) < 4.78 is 15.2. The highest BCUT2D eigenvalue weighted by molar-refractivity contribution is 5.85. The molecule has 0 bridgehead atoms. The fraction of sp³-hybridized carbons (Fsp3) is 0.429. The summed E-state index contributed by atoms with van der Waals surface area (Å²) in [6.45, 7) is 6.20. The molecule has 0 nitrogen and oxygen atoms in total. The molecule has 0 saturated heterocycles. The largest absolute Gasteiger partial charge is 0.205 e. The Morgan fingerprint density at radius 3 is 2.33 bits per heavy atom. The maximum absolute atomic E-state index is 15.2. The van der Waals surface area contributed by atoms with Gasteiger partial charge in [0, 0.05) is 10.9 Å². The second-order valence-electron chi connectivity index (χ2n) is 10.6. The molecule has 0 spiro atoms. The Morgan fingerprint density at radius 2 is 1.58 bits per heavy atom. The number of fused-ring (bicyclic) bond motifs is 1. The fourth-order valence-electron chi connectivity index (χ4n) is 5.50. The second-order valence-corrected chi connectivity index (χ2v) is 10.6. The number of benzene rings is 3. The van der Waals surface area contributed by atoms with Gasteiger partial charge >= 0.3 is 0 Å². The van der Waals surface area contributed by atoms with Gasteiger partial charge in [0.1, 0.15) is 5.82 Å². The number of hydrogen-bond acceptors (Lipinski definition) is 0. The van der Waals surface area contributed by atoms with Crippen molar-refractivity contribution in [2.24, 2.45) is 11.8 Å². The average molecular weight is 481 g/mol. The third-order valence-electron chi connectivity index (χ3n) is 7.95. The molecule has 3 aromatic carbocycles. The average Bonchev–Trinajstić information content (AvgIpc) is 2.92. The fourth-order valence-corrected chi connectivity index (χ4v) is 5.50. The van der Waals surface area contributed by atoms with Gasteiger partial charge < -0.3 is 0 Å². The van der Waals surface area contributed by atoms with Crippen molar-refractivity contribution in [2.75, 3.05) is 0 Å². The smallest absolute Gasteiger partial charge is 0.146 e. The number of aryl methyl sites for hydroxylation is 2. The molecule has 0 aliphatic heterocycles. The molecule has 3 aromatic rings. The molecule has 1 heteroatoms. The molecule has 0 N–H and O–H groups in total. The summed E-state index contributed by atoms with van der Waals surface area (Å²) in [5.41, 5.74) is 4.06. The van der Waals surface area contributed by atoms with E-state index in [1.807, 2.05) is 18.2 Å². The molecule has 188 valence electrons. The van der Waals surface area contributed by atoms with Crippen molar-refractivity contribution in [2.45, 2.75) is 84.0 Å². The quantitative estimate of drug-likeness (QED) is 0.154. The molecule has 0 radical (unpaired) electrons. The van der Waals surface area contributed by atoms with Crippen molar-refractivity contribution >= 4 is 10.8 Å². The van der Waals surface area contributed by atoms with Gasteiger partial charge in [-0.3, -0.25) is 0 Å². The molecule has 0 amide bonds. The lowest BCUT2D eigenvalue weighted by atomic mass is 9.79. The highest BCUT2D eigenvalue weighted by atomic mass is 19.1. The van der Waals surface area contributed by atoms with E-state index in [9.17, 15) is 0 Å². The standard InChI is InChI=1S/C35H41F/c1-3-5-6-7-8-9-28-14-16-30(17-15-28)20-22-32-23-24-33-26-31(21-25-34(33)35(32)36)19-18-29-12-10-27(4-2)11-13-29/h4,14-17,21,23-27,29H,2-3,5-13,18-19H2,1H3. The van der Waals surface area contributed by atoms with E-state index in [-0.39, 0.29) is 5.82 Å². The Bertz CT molecular complexity index is 1180. The van der Waals surface area contributed by atoms with Crippen LogP contribution in [0.1, 0.15) is 93.4 Å². The molecule has 1 fully saturated rings. The third kappa shape index (κ3) is 7.33. The summed E-state index contributed by atoms with van der Waals surface area (Å²) in [6.07, 6.45) is 17.2. The molecular weight excluding hydrogens is 439 g/mol. The topological polar surface area (TPSA) is 0 Å². The molecule has 0 heterocycles. The zero-order chi connectivity index (χ0) is 25.2. The van der Waals surface area contributed by atoms with Crippen LogP contribution in [0.15, 0.2) is 67.3 Å². The van der Waals surface area contributed by atoms with Crippen molar-refractivity contribution in [3.8, 4) is 11.8 Å². The first-order chi connectivity index (χ1) is 17.7. The van der Waals surface area contributed by atoms with Crippen molar-refractivity contribution in [3.05, 3.63) is 95.3 Å². The molecule has 36 heavy (non-hydrogen) atoms. The van der Waals surface area contributed by atoms with E-state index in [1.54, 1.807) is 0 Å². The monoisotopic (exact) mass is 480 g/mol. The van der Waals surface area contributed by atoms with Crippen LogP contribution in [0.4, 0.5) is 4.39 Å². The molecule has 1 aliphatic carbocycles. The number of unbranched alkanes of at least 4 members (excludes halogenated alkanes) is 4. The SMILES string of the molecule is C=CC1CCC(CCc2ccc3c(F)c(C#Cc4ccc(CCCCCCC)cc4)ccc3c2)CC1. The van der Waals surface area contributed by atoms with Crippen molar-refractivity contribution in [3.63, 3.8) is 0 Å². The summed E-state index contributed by atoms with van der Waals surface area (Å²) >= 11 is 0. The van der Waals surface area contributed by atoms with Gasteiger partial charge in [-0.25, -0.2) is 4.39 Å². The molecule has 0 aromatic heterocycles. The van der Waals surface area contributed by atoms with E-state index in [0.717, 1.165) is 29.7 Å². The third-order valence-corrected chi connectivity index (χ3v) is 7.95. The summed E-state index contributed by atoms with van der Waals surface area (Å²) in [4.78, 5) is 0. The van der Waals surface area contributed by atoms with Crippen LogP contribution in [-0.4, -0.2) is 0 Å². The first kappa shape index (κ1) is 26.2. The maximum atomic E-state index is 15.2. The van der Waals surface area contributed by atoms with Crippen LogP contribution in [-0.2, 0) is 12.8 Å². The van der Waals surface area contributed by atoms with E-state index in [4.69, 9.17) is 0 Å². The van der Waals surface area contributed by atoms with E-state index in [0.29, 0.717) is 16.9 Å². The highest BCUT2D eigenvalue weighted by Crippen LogP contribution is 2.32. The van der Waals surface area contributed by atoms with E-state index >= 15 is 4.39 Å². The first-order valence-electron chi connectivity index (χ1n) is 14.1. The Kier molecular flexibility index (Phi) is 9.80. The van der Waals surface area contributed by atoms with E-state index in [1.165, 1.54) is 75.3 Å². The number of halogens is 1. The lowest BCUT2D eigenvalue weighted by Crippen LogP contribution is -2.13. The Hall–Kier alpha value is -2.85. The van der Waals surface area contributed by atoms with Crippen molar-refractivity contribution in [1.82, 2.24) is 0 Å². The minimum absolute atomic E-state index is 0.210. The number of allylic oxidation sites excluding steroid dienone is 1. The van der Waals surface area contributed by atoms with Crippen molar-refractivity contribution < 1.29 is 4.39 Å². The van der Waals surface area contributed by atoms with Crippen LogP contribution in [0.2, 0.25) is 0 Å². The first-order valence-corrected chi connectivity index (χ1v) is 14.1. The highest BCUT2D eigenvalue weighted by Gasteiger charge is 2.19. The second kappa shape index (κ2) is 13.5. The van der Waals surface area contributed by atoms with Crippen LogP contribution >= 0.6 is 0 Å². The summed E-state index contributed by atoms with van der Waals surface area (Å²) in [6, 6.07) is 18.5. The molecule has 4 rings (SSSR count). The summed E-state index contributed by atoms with van der Waals surface area (Å²) in [5.74, 6) is 7.54. The maximum Gasteiger partial charge on any atom is 0.146 e. The number of rotatable bonds is 10. The Morgan fingerprint density at radius 1 is 0.833 bits per heavy atom. The zero-order valence-electron chi connectivity index (χ0n) is 22.0. The van der Waals surface area contributed by atoms with E-state index in [2.05, 4.69) is 67.8 Å². The van der Waals surface area contributed by atoms with Gasteiger partial charge in [0.15, 0.2) is 0 Å². The minimum Gasteiger partial charge on any atom is -0.205 e. The van der Waals surface area contributed by atoms with Crippen LogP contribution in [0.25, 0.3) is 10.8 Å². The van der Waals surface area contributed by atoms with Gasteiger partial charge in [-0.1, -0.05) is 86.9 Å². The molecule has 1 aliphatic rings. The van der Waals surface area contributed by atoms with Crippen LogP contribution in [0.3, 0.4) is 0 Å². The lowest BCUT2D eigenvalue weighted by Gasteiger charge is -2.26. The Balaban J connectivity index is 1.35. The molecule has 0 atom stereocenters. The van der Waals surface area contributed by atoms with Gasteiger partial charge in [-0.15, -0.1) is 6.58 Å². The van der Waals surface area contributed by atoms with Gasteiger partial charge in [-0.05, 0) is 97.9 Å². The summed E-state index contributed by atoms with van der Waals surface area (Å²) in [5, 5.41) is 1.63. The minimum atomic E-state index is -0.210. The Labute approximate surface area is 218 Å². The van der Waals surface area contributed by atoms with Crippen LogP contribution in [0.5, 0.6) is 0 Å². The number of hydrogen-bond donors (Lipinski definition) is 0. The zero-order valence-corrected chi connectivity index (χ0v) is 22.0. The summed E-state index contributed by atoms with van der Waals surface area (Å²) in [7, 11) is 0. The van der Waals surface area contributed by atoms with Gasteiger partial charge in [0.2, 0.25) is 0 Å².